The van der Waals surface area contributed by atoms with Crippen molar-refractivity contribution < 1.29 is 9.53 Å². The maximum atomic E-state index is 12.2. The highest BCUT2D eigenvalue weighted by Gasteiger charge is 2.16. The van der Waals surface area contributed by atoms with E-state index < -0.39 is 6.10 Å². The molecule has 3 nitrogen and oxygen atoms in total. The van der Waals surface area contributed by atoms with E-state index in [1.54, 1.807) is 31.2 Å². The lowest BCUT2D eigenvalue weighted by atomic mass is 10.1. The third-order valence-electron chi connectivity index (χ3n) is 3.21. The quantitative estimate of drug-likeness (QED) is 0.911. The van der Waals surface area contributed by atoms with Crippen LogP contribution in [0.1, 0.15) is 18.1 Å². The first-order chi connectivity index (χ1) is 9.97. The summed E-state index contributed by atoms with van der Waals surface area (Å²) in [4.78, 5) is 12.2. The molecule has 110 valence electrons. The van der Waals surface area contributed by atoms with Crippen molar-refractivity contribution in [3.8, 4) is 5.75 Å². The first-order valence-electron chi connectivity index (χ1n) is 6.76. The van der Waals surface area contributed by atoms with Gasteiger partial charge in [0.2, 0.25) is 0 Å². The zero-order chi connectivity index (χ0) is 15.4. The van der Waals surface area contributed by atoms with Crippen molar-refractivity contribution in [2.75, 3.05) is 5.32 Å². The highest BCUT2D eigenvalue weighted by molar-refractivity contribution is 6.30. The summed E-state index contributed by atoms with van der Waals surface area (Å²) < 4.78 is 5.61. The van der Waals surface area contributed by atoms with Crippen molar-refractivity contribution in [3.05, 3.63) is 58.6 Å². The fraction of sp³-hybridized carbons (Fsp3) is 0.235. The van der Waals surface area contributed by atoms with Gasteiger partial charge in [-0.1, -0.05) is 35.9 Å². The SMILES string of the molecule is Cc1cccc(C)c1NC(=O)[C@@H](C)Oc1cccc(Cl)c1. The van der Waals surface area contributed by atoms with Gasteiger partial charge in [-0.15, -0.1) is 0 Å². The van der Waals surface area contributed by atoms with E-state index in [0.717, 1.165) is 16.8 Å². The van der Waals surface area contributed by atoms with Crippen LogP contribution in [-0.2, 0) is 4.79 Å². The minimum absolute atomic E-state index is 0.188. The van der Waals surface area contributed by atoms with Gasteiger partial charge in [0.25, 0.3) is 5.91 Å². The largest absolute Gasteiger partial charge is 0.481 e. The van der Waals surface area contributed by atoms with E-state index in [9.17, 15) is 4.79 Å². The average Bonchev–Trinajstić information content (AvgIpc) is 2.43. The van der Waals surface area contributed by atoms with Crippen molar-refractivity contribution in [1.29, 1.82) is 0 Å². The van der Waals surface area contributed by atoms with Gasteiger partial charge in [-0.25, -0.2) is 0 Å². The highest BCUT2D eigenvalue weighted by Crippen LogP contribution is 2.21. The molecule has 0 fully saturated rings. The van der Waals surface area contributed by atoms with Crippen LogP contribution in [-0.4, -0.2) is 12.0 Å². The van der Waals surface area contributed by atoms with Crippen LogP contribution >= 0.6 is 11.6 Å². The maximum absolute atomic E-state index is 12.2. The number of ether oxygens (including phenoxy) is 1. The normalized spacial score (nSPS) is 11.8. The number of halogens is 1. The van der Waals surface area contributed by atoms with Gasteiger partial charge in [0, 0.05) is 10.7 Å². The lowest BCUT2D eigenvalue weighted by Gasteiger charge is -2.17. The van der Waals surface area contributed by atoms with Gasteiger partial charge in [-0.05, 0) is 50.1 Å². The van der Waals surface area contributed by atoms with E-state index in [2.05, 4.69) is 5.32 Å². The van der Waals surface area contributed by atoms with Crippen LogP contribution in [0.2, 0.25) is 5.02 Å². The van der Waals surface area contributed by atoms with Crippen LogP contribution in [0, 0.1) is 13.8 Å². The van der Waals surface area contributed by atoms with E-state index in [1.807, 2.05) is 32.0 Å². The van der Waals surface area contributed by atoms with Gasteiger partial charge >= 0.3 is 0 Å². The van der Waals surface area contributed by atoms with Crippen molar-refractivity contribution >= 4 is 23.2 Å². The van der Waals surface area contributed by atoms with Crippen molar-refractivity contribution in [2.24, 2.45) is 0 Å². The highest BCUT2D eigenvalue weighted by atomic mass is 35.5. The summed E-state index contributed by atoms with van der Waals surface area (Å²) in [5, 5.41) is 3.49. The van der Waals surface area contributed by atoms with Crippen LogP contribution in [0.3, 0.4) is 0 Å². The van der Waals surface area contributed by atoms with E-state index in [1.165, 1.54) is 0 Å². The Balaban J connectivity index is 2.06. The fourth-order valence-corrected chi connectivity index (χ4v) is 2.21. The molecule has 1 amide bonds. The lowest BCUT2D eigenvalue weighted by Crippen LogP contribution is -2.30. The molecule has 0 heterocycles. The topological polar surface area (TPSA) is 38.3 Å². The Morgan fingerprint density at radius 3 is 2.38 bits per heavy atom. The molecule has 0 aromatic heterocycles. The lowest BCUT2D eigenvalue weighted by molar-refractivity contribution is -0.122. The summed E-state index contributed by atoms with van der Waals surface area (Å²) in [6.07, 6.45) is -0.609. The third kappa shape index (κ3) is 3.99. The summed E-state index contributed by atoms with van der Waals surface area (Å²) in [7, 11) is 0. The molecule has 0 saturated carbocycles. The summed E-state index contributed by atoms with van der Waals surface area (Å²) >= 11 is 5.90. The number of carbonyl (C=O) groups excluding carboxylic acids is 1. The second-order valence-corrected chi connectivity index (χ2v) is 5.41. The standard InChI is InChI=1S/C17H18ClNO2/c1-11-6-4-7-12(2)16(11)19-17(20)13(3)21-15-9-5-8-14(18)10-15/h4-10,13H,1-3H3,(H,19,20)/t13-/m1/s1. The van der Waals surface area contributed by atoms with Crippen LogP contribution in [0.15, 0.2) is 42.5 Å². The molecule has 1 N–H and O–H groups in total. The third-order valence-corrected chi connectivity index (χ3v) is 3.44. The molecule has 0 radical (unpaired) electrons. The van der Waals surface area contributed by atoms with Crippen LogP contribution in [0.5, 0.6) is 5.75 Å². The Morgan fingerprint density at radius 1 is 1.14 bits per heavy atom. The van der Waals surface area contributed by atoms with Crippen molar-refractivity contribution in [2.45, 2.75) is 26.9 Å². The number of rotatable bonds is 4. The number of nitrogens with one attached hydrogen (secondary N) is 1. The van der Waals surface area contributed by atoms with E-state index in [4.69, 9.17) is 16.3 Å². The molecule has 0 saturated heterocycles. The van der Waals surface area contributed by atoms with Gasteiger partial charge in [-0.3, -0.25) is 4.79 Å². The van der Waals surface area contributed by atoms with Crippen LogP contribution < -0.4 is 10.1 Å². The van der Waals surface area contributed by atoms with E-state index in [0.29, 0.717) is 10.8 Å². The molecule has 0 spiro atoms. The number of aryl methyl sites for hydroxylation is 2. The Labute approximate surface area is 129 Å². The molecule has 1 atom stereocenters. The first-order valence-corrected chi connectivity index (χ1v) is 7.14. The molecule has 0 aliphatic carbocycles. The second kappa shape index (κ2) is 6.64. The predicted octanol–water partition coefficient (Wildman–Crippen LogP) is 4.36. The zero-order valence-electron chi connectivity index (χ0n) is 12.3. The van der Waals surface area contributed by atoms with E-state index >= 15 is 0 Å². The summed E-state index contributed by atoms with van der Waals surface area (Å²) in [6.45, 7) is 5.64. The van der Waals surface area contributed by atoms with Gasteiger partial charge in [0.05, 0.1) is 0 Å². The average molecular weight is 304 g/mol. The molecule has 21 heavy (non-hydrogen) atoms. The number of para-hydroxylation sites is 1. The zero-order valence-corrected chi connectivity index (χ0v) is 13.1. The molecule has 0 aliphatic rings. The number of carbonyl (C=O) groups is 1. The van der Waals surface area contributed by atoms with Gasteiger partial charge in [-0.2, -0.15) is 0 Å². The summed E-state index contributed by atoms with van der Waals surface area (Å²) in [5.74, 6) is 0.388. The predicted molar refractivity (Wildman–Crippen MR) is 86.1 cm³/mol. The van der Waals surface area contributed by atoms with Crippen LogP contribution in [0.25, 0.3) is 0 Å². The Kier molecular flexibility index (Phi) is 4.86. The summed E-state index contributed by atoms with van der Waals surface area (Å²) in [5.41, 5.74) is 2.89. The summed E-state index contributed by atoms with van der Waals surface area (Å²) in [6, 6.07) is 12.9. The molecule has 4 heteroatoms. The smallest absolute Gasteiger partial charge is 0.265 e. The van der Waals surface area contributed by atoms with Crippen molar-refractivity contribution in [3.63, 3.8) is 0 Å². The number of anilines is 1. The molecule has 0 unspecified atom stereocenters. The number of benzene rings is 2. The minimum Gasteiger partial charge on any atom is -0.481 e. The molecule has 2 aromatic rings. The molecular weight excluding hydrogens is 286 g/mol. The van der Waals surface area contributed by atoms with Crippen LogP contribution in [0.4, 0.5) is 5.69 Å². The minimum atomic E-state index is -0.609. The Morgan fingerprint density at radius 2 is 1.76 bits per heavy atom. The number of amides is 1. The van der Waals surface area contributed by atoms with Gasteiger partial charge in [0.1, 0.15) is 5.75 Å². The van der Waals surface area contributed by atoms with Crippen molar-refractivity contribution in [1.82, 2.24) is 0 Å². The maximum Gasteiger partial charge on any atom is 0.265 e. The molecule has 0 bridgehead atoms. The first kappa shape index (κ1) is 15.4. The molecule has 2 aromatic carbocycles. The molecule has 2 rings (SSSR count). The molecular formula is C17H18ClNO2. The Bertz CT molecular complexity index is 635. The van der Waals surface area contributed by atoms with E-state index in [-0.39, 0.29) is 5.91 Å². The fourth-order valence-electron chi connectivity index (χ4n) is 2.03. The number of hydrogen-bond acceptors (Lipinski definition) is 2. The number of hydrogen-bond donors (Lipinski definition) is 1. The van der Waals surface area contributed by atoms with Gasteiger partial charge < -0.3 is 10.1 Å². The second-order valence-electron chi connectivity index (χ2n) is 4.97. The Hall–Kier alpha value is -2.00. The monoisotopic (exact) mass is 303 g/mol. The molecule has 0 aliphatic heterocycles. The van der Waals surface area contributed by atoms with Gasteiger partial charge in [0.15, 0.2) is 6.10 Å².